The molecular weight excluding hydrogens is 432 g/mol. The first kappa shape index (κ1) is 22.1. The van der Waals surface area contributed by atoms with E-state index in [1.165, 1.54) is 36.5 Å². The molecule has 0 saturated heterocycles. The highest BCUT2D eigenvalue weighted by Crippen LogP contribution is 2.24. The zero-order valence-corrected chi connectivity index (χ0v) is 17.0. The molecule has 2 aromatic carbocycles. The number of halogens is 2. The van der Waals surface area contributed by atoms with Gasteiger partial charge in [0.15, 0.2) is 21.5 Å². The third kappa shape index (κ3) is 5.72. The van der Waals surface area contributed by atoms with Crippen molar-refractivity contribution in [2.45, 2.75) is 17.7 Å². The van der Waals surface area contributed by atoms with Crippen LogP contribution < -0.4 is 10.9 Å². The van der Waals surface area contributed by atoms with Crippen LogP contribution in [0.5, 0.6) is 0 Å². The topological polar surface area (TPSA) is 118 Å². The number of aromatic nitrogens is 1. The third-order valence-corrected chi connectivity index (χ3v) is 5.30. The third-order valence-electron chi connectivity index (χ3n) is 4.18. The molecule has 31 heavy (non-hydrogen) atoms. The molecule has 0 atom stereocenters. The van der Waals surface area contributed by atoms with Crippen molar-refractivity contribution in [1.29, 1.82) is 0 Å². The number of hydrazine groups is 1. The summed E-state index contributed by atoms with van der Waals surface area (Å²) in [5.74, 6) is -2.42. The van der Waals surface area contributed by atoms with Crippen LogP contribution in [0.2, 0.25) is 0 Å². The Labute approximate surface area is 176 Å². The van der Waals surface area contributed by atoms with Gasteiger partial charge in [-0.25, -0.2) is 22.2 Å². The Balaban J connectivity index is 1.50. The lowest BCUT2D eigenvalue weighted by Gasteiger charge is -2.07. The van der Waals surface area contributed by atoms with Gasteiger partial charge in [-0.05, 0) is 36.4 Å². The first-order valence-electron chi connectivity index (χ1n) is 8.93. The van der Waals surface area contributed by atoms with Crippen LogP contribution in [0.1, 0.15) is 22.7 Å². The van der Waals surface area contributed by atoms with Gasteiger partial charge in [0, 0.05) is 30.7 Å². The van der Waals surface area contributed by atoms with Gasteiger partial charge >= 0.3 is 0 Å². The fraction of sp³-hybridized carbons (Fsp3) is 0.150. The molecule has 0 bridgehead atoms. The largest absolute Gasteiger partial charge is 0.441 e. The van der Waals surface area contributed by atoms with Crippen LogP contribution in [-0.2, 0) is 21.1 Å². The Kier molecular flexibility index (Phi) is 6.44. The molecule has 0 aliphatic heterocycles. The van der Waals surface area contributed by atoms with Crippen LogP contribution in [0.3, 0.4) is 0 Å². The van der Waals surface area contributed by atoms with E-state index in [4.69, 9.17) is 4.42 Å². The lowest BCUT2D eigenvalue weighted by Crippen LogP contribution is -2.41. The van der Waals surface area contributed by atoms with E-state index in [1.807, 2.05) is 0 Å². The molecule has 2 amide bonds. The standard InChI is InChI=1S/C20H17F2N3O5S/c1-31(28,29)14-5-2-12(3-6-14)20(27)25-24-18(26)8-9-19-23-11-17(30-19)15-7-4-13(21)10-16(15)22/h2-7,10-11H,8-9H2,1H3,(H,24,26)(H,25,27). The van der Waals surface area contributed by atoms with E-state index in [2.05, 4.69) is 15.8 Å². The second-order valence-corrected chi connectivity index (χ2v) is 8.56. The van der Waals surface area contributed by atoms with E-state index in [-0.39, 0.29) is 40.5 Å². The SMILES string of the molecule is CS(=O)(=O)c1ccc(C(=O)NNC(=O)CCc2ncc(-c3ccc(F)cc3F)o2)cc1. The molecule has 3 aromatic rings. The highest BCUT2D eigenvalue weighted by atomic mass is 32.2. The summed E-state index contributed by atoms with van der Waals surface area (Å²) < 4.78 is 55.0. The quantitative estimate of drug-likeness (QED) is 0.558. The first-order valence-corrected chi connectivity index (χ1v) is 10.8. The predicted octanol–water partition coefficient (Wildman–Crippen LogP) is 2.42. The summed E-state index contributed by atoms with van der Waals surface area (Å²) in [6.07, 6.45) is 2.31. The molecule has 11 heteroatoms. The number of nitrogens with zero attached hydrogens (tertiary/aromatic N) is 1. The number of amides is 2. The minimum Gasteiger partial charge on any atom is -0.441 e. The summed E-state index contributed by atoms with van der Waals surface area (Å²) in [4.78, 5) is 28.0. The average Bonchev–Trinajstić information content (AvgIpc) is 3.18. The Morgan fingerprint density at radius 3 is 2.42 bits per heavy atom. The predicted molar refractivity (Wildman–Crippen MR) is 105 cm³/mol. The van der Waals surface area contributed by atoms with Crippen molar-refractivity contribution < 1.29 is 31.2 Å². The van der Waals surface area contributed by atoms with Gasteiger partial charge in [0.25, 0.3) is 5.91 Å². The first-order chi connectivity index (χ1) is 14.6. The van der Waals surface area contributed by atoms with E-state index < -0.39 is 33.3 Å². The molecule has 3 rings (SSSR count). The van der Waals surface area contributed by atoms with Gasteiger partial charge in [0.2, 0.25) is 5.91 Å². The van der Waals surface area contributed by atoms with Crippen molar-refractivity contribution in [3.8, 4) is 11.3 Å². The zero-order valence-electron chi connectivity index (χ0n) is 16.2. The Morgan fingerprint density at radius 2 is 1.77 bits per heavy atom. The van der Waals surface area contributed by atoms with Crippen LogP contribution in [0.4, 0.5) is 8.78 Å². The van der Waals surface area contributed by atoms with Crippen molar-refractivity contribution in [2.75, 3.05) is 6.26 Å². The van der Waals surface area contributed by atoms with E-state index in [0.29, 0.717) is 0 Å². The van der Waals surface area contributed by atoms with E-state index in [9.17, 15) is 26.8 Å². The minimum atomic E-state index is -3.38. The molecule has 0 spiro atoms. The normalized spacial score (nSPS) is 11.2. The van der Waals surface area contributed by atoms with Gasteiger partial charge in [-0.2, -0.15) is 0 Å². The molecule has 8 nitrogen and oxygen atoms in total. The fourth-order valence-corrected chi connectivity index (χ4v) is 3.21. The smallest absolute Gasteiger partial charge is 0.269 e. The van der Waals surface area contributed by atoms with Gasteiger partial charge in [0.05, 0.1) is 16.7 Å². The number of sulfone groups is 1. The molecule has 1 aromatic heterocycles. The van der Waals surface area contributed by atoms with Crippen molar-refractivity contribution in [3.05, 3.63) is 71.8 Å². The van der Waals surface area contributed by atoms with Gasteiger partial charge in [-0.15, -0.1) is 0 Å². The number of nitrogens with one attached hydrogen (secondary N) is 2. The van der Waals surface area contributed by atoms with E-state index >= 15 is 0 Å². The molecular formula is C20H17F2N3O5S. The maximum Gasteiger partial charge on any atom is 0.269 e. The van der Waals surface area contributed by atoms with E-state index in [0.717, 1.165) is 18.4 Å². The maximum atomic E-state index is 13.8. The molecule has 0 saturated carbocycles. The van der Waals surface area contributed by atoms with Gasteiger partial charge in [-0.3, -0.25) is 20.4 Å². The van der Waals surface area contributed by atoms with Crippen LogP contribution in [0.15, 0.2) is 58.0 Å². The summed E-state index contributed by atoms with van der Waals surface area (Å²) in [5, 5.41) is 0. The van der Waals surface area contributed by atoms with Crippen LogP contribution in [-0.4, -0.2) is 31.5 Å². The number of oxazole rings is 1. The van der Waals surface area contributed by atoms with Gasteiger partial charge in [-0.1, -0.05) is 0 Å². The average molecular weight is 449 g/mol. The fourth-order valence-electron chi connectivity index (χ4n) is 2.57. The van der Waals surface area contributed by atoms with E-state index in [1.54, 1.807) is 0 Å². The van der Waals surface area contributed by atoms with Gasteiger partial charge < -0.3 is 4.42 Å². The van der Waals surface area contributed by atoms with Crippen LogP contribution in [0, 0.1) is 11.6 Å². The van der Waals surface area contributed by atoms with Gasteiger partial charge in [0.1, 0.15) is 11.6 Å². The number of carbonyl (C=O) groups is 2. The number of benzene rings is 2. The summed E-state index contributed by atoms with van der Waals surface area (Å²) in [5.41, 5.74) is 4.63. The monoisotopic (exact) mass is 449 g/mol. The summed E-state index contributed by atoms with van der Waals surface area (Å²) >= 11 is 0. The number of rotatable bonds is 6. The molecule has 0 unspecified atom stereocenters. The highest BCUT2D eigenvalue weighted by Gasteiger charge is 2.14. The minimum absolute atomic E-state index is 0.0405. The number of hydrogen-bond donors (Lipinski definition) is 2. The second kappa shape index (κ2) is 9.04. The highest BCUT2D eigenvalue weighted by molar-refractivity contribution is 7.90. The summed E-state index contributed by atoms with van der Waals surface area (Å²) in [7, 11) is -3.38. The van der Waals surface area contributed by atoms with Crippen molar-refractivity contribution >= 4 is 21.7 Å². The van der Waals surface area contributed by atoms with Crippen molar-refractivity contribution in [2.24, 2.45) is 0 Å². The lowest BCUT2D eigenvalue weighted by atomic mass is 10.2. The molecule has 1 heterocycles. The molecule has 0 fully saturated rings. The Bertz CT molecular complexity index is 1220. The Morgan fingerprint density at radius 1 is 1.06 bits per heavy atom. The molecule has 162 valence electrons. The van der Waals surface area contributed by atoms with Crippen LogP contribution >= 0.6 is 0 Å². The van der Waals surface area contributed by atoms with Crippen molar-refractivity contribution in [1.82, 2.24) is 15.8 Å². The molecule has 2 N–H and O–H groups in total. The molecule has 0 aliphatic rings. The maximum absolute atomic E-state index is 13.8. The number of aryl methyl sites for hydroxylation is 1. The summed E-state index contributed by atoms with van der Waals surface area (Å²) in [6, 6.07) is 8.25. The lowest BCUT2D eigenvalue weighted by molar-refractivity contribution is -0.121. The second-order valence-electron chi connectivity index (χ2n) is 6.54. The number of carbonyl (C=O) groups excluding carboxylic acids is 2. The summed E-state index contributed by atoms with van der Waals surface area (Å²) in [6.45, 7) is 0. The Hall–Kier alpha value is -3.60. The van der Waals surface area contributed by atoms with Crippen LogP contribution in [0.25, 0.3) is 11.3 Å². The zero-order chi connectivity index (χ0) is 22.6. The number of hydrogen-bond acceptors (Lipinski definition) is 6. The van der Waals surface area contributed by atoms with Crippen molar-refractivity contribution in [3.63, 3.8) is 0 Å². The molecule has 0 aliphatic carbocycles. The molecule has 0 radical (unpaired) electrons.